The Morgan fingerprint density at radius 2 is 2.14 bits per heavy atom. The van der Waals surface area contributed by atoms with E-state index in [1.54, 1.807) is 7.11 Å². The minimum absolute atomic E-state index is 0.101. The fraction of sp³-hybridized carbons (Fsp3) is 0.438. The lowest BCUT2D eigenvalue weighted by molar-refractivity contribution is -0.118. The first-order valence-electron chi connectivity index (χ1n) is 6.92. The van der Waals surface area contributed by atoms with Gasteiger partial charge in [0.15, 0.2) is 0 Å². The Hall–Kier alpha value is -1.46. The van der Waals surface area contributed by atoms with E-state index in [0.29, 0.717) is 23.8 Å². The lowest BCUT2D eigenvalue weighted by Gasteiger charge is -2.29. The van der Waals surface area contributed by atoms with E-state index in [4.69, 9.17) is 9.47 Å². The Morgan fingerprint density at radius 3 is 2.76 bits per heavy atom. The fourth-order valence-corrected chi connectivity index (χ4v) is 2.98. The van der Waals surface area contributed by atoms with Crippen LogP contribution in [0, 0.1) is 0 Å². The Morgan fingerprint density at radius 1 is 1.43 bits per heavy atom. The molecule has 0 saturated carbocycles. The molecule has 1 amide bonds. The summed E-state index contributed by atoms with van der Waals surface area (Å²) in [7, 11) is 1.65. The molecule has 4 nitrogen and oxygen atoms in total. The van der Waals surface area contributed by atoms with Crippen LogP contribution in [0.5, 0.6) is 0 Å². The summed E-state index contributed by atoms with van der Waals surface area (Å²) in [5.74, 6) is 1.40. The van der Waals surface area contributed by atoms with Crippen molar-refractivity contribution in [2.45, 2.75) is 19.4 Å². The second-order valence-corrected chi connectivity index (χ2v) is 6.17. The van der Waals surface area contributed by atoms with Crippen molar-refractivity contribution in [3.63, 3.8) is 0 Å². The summed E-state index contributed by atoms with van der Waals surface area (Å²) in [6.45, 7) is 4.86. The molecule has 0 fully saturated rings. The predicted octanol–water partition coefficient (Wildman–Crippen LogP) is 2.66. The van der Waals surface area contributed by atoms with E-state index in [-0.39, 0.29) is 5.91 Å². The quantitative estimate of drug-likeness (QED) is 0.908. The summed E-state index contributed by atoms with van der Waals surface area (Å²) >= 11 is 1.54. The van der Waals surface area contributed by atoms with Gasteiger partial charge in [0, 0.05) is 12.9 Å². The van der Waals surface area contributed by atoms with Crippen molar-refractivity contribution in [2.24, 2.45) is 0 Å². The molecule has 0 spiro atoms. The average Bonchev–Trinajstić information content (AvgIpc) is 2.53. The van der Waals surface area contributed by atoms with Crippen molar-refractivity contribution < 1.29 is 14.3 Å². The number of benzene rings is 1. The Bertz CT molecular complexity index is 530. The normalized spacial score (nSPS) is 17.9. The van der Waals surface area contributed by atoms with Crippen molar-refractivity contribution in [1.29, 1.82) is 0 Å². The minimum atomic E-state index is -0.550. The lowest BCUT2D eigenvalue weighted by atomic mass is 9.95. The van der Waals surface area contributed by atoms with Crippen molar-refractivity contribution in [1.82, 2.24) is 5.32 Å². The van der Waals surface area contributed by atoms with E-state index >= 15 is 0 Å². The molecule has 1 aromatic rings. The molecule has 0 saturated heterocycles. The van der Waals surface area contributed by atoms with Gasteiger partial charge >= 0.3 is 0 Å². The molecule has 0 bridgehead atoms. The summed E-state index contributed by atoms with van der Waals surface area (Å²) in [4.78, 5) is 12.9. The first-order valence-corrected chi connectivity index (χ1v) is 7.91. The molecule has 1 aromatic carbocycles. The SMILES string of the molecule is CO[C@@](C)(CNC(=O)C1=C(C)OCCS1)c1ccccc1. The second-order valence-electron chi connectivity index (χ2n) is 5.07. The number of allylic oxidation sites excluding steroid dienone is 1. The number of carbonyl (C=O) groups is 1. The van der Waals surface area contributed by atoms with Crippen LogP contribution in [-0.4, -0.2) is 31.9 Å². The Labute approximate surface area is 129 Å². The number of hydrogen-bond acceptors (Lipinski definition) is 4. The van der Waals surface area contributed by atoms with E-state index < -0.39 is 5.60 Å². The maximum absolute atomic E-state index is 12.3. The molecule has 0 aromatic heterocycles. The van der Waals surface area contributed by atoms with Crippen LogP contribution in [0.3, 0.4) is 0 Å². The molecule has 0 unspecified atom stereocenters. The van der Waals surface area contributed by atoms with Crippen LogP contribution in [-0.2, 0) is 19.9 Å². The first-order chi connectivity index (χ1) is 10.1. The van der Waals surface area contributed by atoms with E-state index in [0.717, 1.165) is 11.3 Å². The van der Waals surface area contributed by atoms with Gasteiger partial charge < -0.3 is 14.8 Å². The van der Waals surface area contributed by atoms with Crippen molar-refractivity contribution in [3.05, 3.63) is 46.6 Å². The van der Waals surface area contributed by atoms with E-state index in [1.165, 1.54) is 11.8 Å². The van der Waals surface area contributed by atoms with Gasteiger partial charge in [-0.25, -0.2) is 0 Å². The number of carbonyl (C=O) groups excluding carboxylic acids is 1. The number of rotatable bonds is 5. The van der Waals surface area contributed by atoms with E-state index in [9.17, 15) is 4.79 Å². The number of methoxy groups -OCH3 is 1. The van der Waals surface area contributed by atoms with Gasteiger partial charge in [0.2, 0.25) is 0 Å². The summed E-state index contributed by atoms with van der Waals surface area (Å²) in [6, 6.07) is 9.89. The van der Waals surface area contributed by atoms with Gasteiger partial charge in [-0.15, -0.1) is 11.8 Å². The highest BCUT2D eigenvalue weighted by molar-refractivity contribution is 8.04. The number of amides is 1. The van der Waals surface area contributed by atoms with Gasteiger partial charge in [-0.2, -0.15) is 0 Å². The molecule has 2 rings (SSSR count). The zero-order valence-corrected chi connectivity index (χ0v) is 13.5. The standard InChI is InChI=1S/C16H21NO3S/c1-12-14(21-10-9-20-12)15(18)17-11-16(2,19-3)13-7-5-4-6-8-13/h4-8H,9-11H2,1-3H3,(H,17,18)/t16-/m0/s1. The maximum Gasteiger partial charge on any atom is 0.261 e. The van der Waals surface area contributed by atoms with Gasteiger partial charge in [-0.1, -0.05) is 30.3 Å². The van der Waals surface area contributed by atoms with Crippen molar-refractivity contribution >= 4 is 17.7 Å². The number of nitrogens with one attached hydrogen (secondary N) is 1. The largest absolute Gasteiger partial charge is 0.496 e. The number of hydrogen-bond donors (Lipinski definition) is 1. The Balaban J connectivity index is 2.05. The van der Waals surface area contributed by atoms with E-state index in [1.807, 2.05) is 44.2 Å². The highest BCUT2D eigenvalue weighted by atomic mass is 32.2. The van der Waals surface area contributed by atoms with Gasteiger partial charge in [0.25, 0.3) is 5.91 Å². The molecule has 21 heavy (non-hydrogen) atoms. The first kappa shape index (κ1) is 15.9. The smallest absolute Gasteiger partial charge is 0.261 e. The van der Waals surface area contributed by atoms with Crippen LogP contribution >= 0.6 is 11.8 Å². The maximum atomic E-state index is 12.3. The molecule has 1 N–H and O–H groups in total. The van der Waals surface area contributed by atoms with Gasteiger partial charge in [0.1, 0.15) is 16.3 Å². The monoisotopic (exact) mass is 307 g/mol. The van der Waals surface area contributed by atoms with Crippen molar-refractivity contribution in [3.8, 4) is 0 Å². The summed E-state index contributed by atoms with van der Waals surface area (Å²) in [5, 5.41) is 2.95. The summed E-state index contributed by atoms with van der Waals surface area (Å²) in [5.41, 5.74) is 0.483. The summed E-state index contributed by atoms with van der Waals surface area (Å²) < 4.78 is 11.0. The minimum Gasteiger partial charge on any atom is -0.496 e. The number of ether oxygens (including phenoxy) is 2. The lowest BCUT2D eigenvalue weighted by Crippen LogP contribution is -2.40. The zero-order valence-electron chi connectivity index (χ0n) is 12.6. The molecular weight excluding hydrogens is 286 g/mol. The average molecular weight is 307 g/mol. The Kier molecular flexibility index (Phi) is 5.31. The third-order valence-electron chi connectivity index (χ3n) is 3.60. The van der Waals surface area contributed by atoms with Crippen LogP contribution in [0.4, 0.5) is 0 Å². The van der Waals surface area contributed by atoms with Crippen LogP contribution in [0.1, 0.15) is 19.4 Å². The van der Waals surface area contributed by atoms with Gasteiger partial charge in [0.05, 0.1) is 13.2 Å². The third kappa shape index (κ3) is 3.80. The fourth-order valence-electron chi connectivity index (χ4n) is 2.14. The molecule has 1 aliphatic rings. The molecule has 0 radical (unpaired) electrons. The van der Waals surface area contributed by atoms with Gasteiger partial charge in [-0.3, -0.25) is 4.79 Å². The molecule has 5 heteroatoms. The second kappa shape index (κ2) is 7.00. The number of thioether (sulfide) groups is 1. The topological polar surface area (TPSA) is 47.6 Å². The van der Waals surface area contributed by atoms with Gasteiger partial charge in [-0.05, 0) is 19.4 Å². The summed E-state index contributed by atoms with van der Waals surface area (Å²) in [6.07, 6.45) is 0. The third-order valence-corrected chi connectivity index (χ3v) is 4.73. The van der Waals surface area contributed by atoms with Crippen LogP contribution in [0.25, 0.3) is 0 Å². The highest BCUT2D eigenvalue weighted by Crippen LogP contribution is 2.27. The highest BCUT2D eigenvalue weighted by Gasteiger charge is 2.28. The molecule has 1 heterocycles. The molecule has 0 aliphatic carbocycles. The predicted molar refractivity (Wildman–Crippen MR) is 84.9 cm³/mol. The van der Waals surface area contributed by atoms with E-state index in [2.05, 4.69) is 5.32 Å². The van der Waals surface area contributed by atoms with Crippen LogP contribution in [0.2, 0.25) is 0 Å². The van der Waals surface area contributed by atoms with Crippen LogP contribution < -0.4 is 5.32 Å². The molecule has 1 atom stereocenters. The molecule has 114 valence electrons. The molecule has 1 aliphatic heterocycles. The van der Waals surface area contributed by atoms with Crippen molar-refractivity contribution in [2.75, 3.05) is 26.0 Å². The van der Waals surface area contributed by atoms with Crippen LogP contribution in [0.15, 0.2) is 41.0 Å². The molecular formula is C16H21NO3S. The zero-order chi connectivity index (χ0) is 15.3.